The molecular formula is C40H41Cl2N5O6. The molecule has 1 atom stereocenters. The molecule has 1 amide bonds. The quantitative estimate of drug-likeness (QED) is 0.134. The van der Waals surface area contributed by atoms with Gasteiger partial charge in [-0.1, -0.05) is 29.3 Å². The van der Waals surface area contributed by atoms with Gasteiger partial charge in [-0.15, -0.1) is 0 Å². The molecule has 0 spiro atoms. The molecule has 3 aromatic carbocycles. The van der Waals surface area contributed by atoms with Gasteiger partial charge in [0.1, 0.15) is 17.1 Å². The maximum Gasteiger partial charge on any atom is 0.352 e. The third kappa shape index (κ3) is 5.86. The normalized spacial score (nSPS) is 14.3. The number of H-pyrrole nitrogens is 1. The van der Waals surface area contributed by atoms with Crippen molar-refractivity contribution in [2.24, 2.45) is 7.05 Å². The molecule has 0 fully saturated rings. The second-order valence-electron chi connectivity index (χ2n) is 13.7. The molecule has 0 aliphatic carbocycles. The van der Waals surface area contributed by atoms with E-state index in [-0.39, 0.29) is 24.2 Å². The molecule has 1 aliphatic rings. The van der Waals surface area contributed by atoms with Crippen LogP contribution < -0.4 is 19.1 Å². The van der Waals surface area contributed by atoms with Gasteiger partial charge in [-0.2, -0.15) is 5.10 Å². The maximum absolute atomic E-state index is 15.1. The van der Waals surface area contributed by atoms with Crippen LogP contribution >= 0.6 is 23.2 Å². The van der Waals surface area contributed by atoms with E-state index in [0.29, 0.717) is 58.3 Å². The van der Waals surface area contributed by atoms with Crippen LogP contribution in [0.25, 0.3) is 32.9 Å². The van der Waals surface area contributed by atoms with Crippen LogP contribution in [-0.2, 0) is 13.5 Å². The average Bonchev–Trinajstić information content (AvgIpc) is 3.78. The summed E-state index contributed by atoms with van der Waals surface area (Å²) in [5.41, 5.74) is 8.64. The number of aromatic nitrogens is 4. The Morgan fingerprint density at radius 2 is 1.74 bits per heavy atom. The fourth-order valence-electron chi connectivity index (χ4n) is 7.86. The number of halogens is 2. The molecule has 276 valence electrons. The zero-order chi connectivity index (χ0) is 38.0. The van der Waals surface area contributed by atoms with Crippen LogP contribution in [0.5, 0.6) is 17.2 Å². The summed E-state index contributed by atoms with van der Waals surface area (Å²) in [5.74, 6) is 0.116. The Bertz CT molecular complexity index is 2450. The summed E-state index contributed by atoms with van der Waals surface area (Å²) in [6.45, 7) is 10.7. The van der Waals surface area contributed by atoms with Gasteiger partial charge in [-0.25, -0.2) is 4.79 Å². The molecule has 3 aromatic heterocycles. The van der Waals surface area contributed by atoms with Crippen molar-refractivity contribution in [2.45, 2.75) is 53.5 Å². The Hall–Kier alpha value is -5.13. The number of fused-ring (bicyclic) bond motifs is 4. The predicted molar refractivity (Wildman–Crippen MR) is 208 cm³/mol. The van der Waals surface area contributed by atoms with Crippen molar-refractivity contribution in [2.75, 3.05) is 32.3 Å². The van der Waals surface area contributed by atoms with Gasteiger partial charge in [0.25, 0.3) is 5.91 Å². The molecule has 53 heavy (non-hydrogen) atoms. The van der Waals surface area contributed by atoms with Crippen LogP contribution in [0.2, 0.25) is 10.0 Å². The number of methoxy groups -OCH3 is 2. The molecule has 1 aliphatic heterocycles. The number of benzene rings is 3. The van der Waals surface area contributed by atoms with Crippen molar-refractivity contribution in [3.05, 3.63) is 85.9 Å². The molecule has 0 saturated heterocycles. The van der Waals surface area contributed by atoms with Gasteiger partial charge in [-0.3, -0.25) is 9.48 Å². The number of carboxylic acids is 1. The maximum atomic E-state index is 15.1. The zero-order valence-corrected chi connectivity index (χ0v) is 32.4. The molecule has 0 bridgehead atoms. The van der Waals surface area contributed by atoms with E-state index in [0.717, 1.165) is 60.9 Å². The van der Waals surface area contributed by atoms with E-state index in [1.807, 2.05) is 63.7 Å². The van der Waals surface area contributed by atoms with Crippen molar-refractivity contribution in [1.29, 1.82) is 0 Å². The molecule has 0 unspecified atom stereocenters. The van der Waals surface area contributed by atoms with Crippen LogP contribution in [0.4, 0.5) is 5.69 Å². The molecule has 2 N–H and O–H groups in total. The Labute approximate surface area is 316 Å². The minimum atomic E-state index is -1.13. The van der Waals surface area contributed by atoms with E-state index >= 15 is 4.79 Å². The molecule has 11 nitrogen and oxygen atoms in total. The number of rotatable bonds is 10. The van der Waals surface area contributed by atoms with Gasteiger partial charge >= 0.3 is 5.97 Å². The molecule has 4 heterocycles. The SMILES string of the molecule is COc1cc(N2C[C@@H](C)n3c(c(CCCOc4cc(C)c(Cl)c(C)c4)c4ccc(Cl)c(-c5c(C)nn(C)c5C)c43)C2=O)c2[nH]c(C(=O)O)cc2c1OC. The Balaban J connectivity index is 1.40. The van der Waals surface area contributed by atoms with E-state index in [1.165, 1.54) is 20.3 Å². The van der Waals surface area contributed by atoms with Crippen molar-refractivity contribution in [3.8, 4) is 28.4 Å². The zero-order valence-electron chi connectivity index (χ0n) is 30.9. The first kappa shape index (κ1) is 36.2. The first-order chi connectivity index (χ1) is 25.3. The number of carbonyl (C=O) groups is 2. The van der Waals surface area contributed by atoms with E-state index in [9.17, 15) is 9.90 Å². The number of amides is 1. The summed E-state index contributed by atoms with van der Waals surface area (Å²) in [5, 5.41) is 17.3. The van der Waals surface area contributed by atoms with Crippen molar-refractivity contribution in [1.82, 2.24) is 19.3 Å². The Kier molecular flexibility index (Phi) is 9.36. The van der Waals surface area contributed by atoms with E-state index in [1.54, 1.807) is 11.0 Å². The highest BCUT2D eigenvalue weighted by atomic mass is 35.5. The van der Waals surface area contributed by atoms with Crippen molar-refractivity contribution in [3.63, 3.8) is 0 Å². The second kappa shape index (κ2) is 13.7. The van der Waals surface area contributed by atoms with E-state index < -0.39 is 5.97 Å². The third-order valence-electron chi connectivity index (χ3n) is 10.3. The molecule has 13 heteroatoms. The number of ether oxygens (including phenoxy) is 3. The fourth-order valence-corrected chi connectivity index (χ4v) is 8.21. The van der Waals surface area contributed by atoms with Crippen molar-refractivity contribution >= 4 is 62.6 Å². The minimum absolute atomic E-state index is 0.0346. The largest absolute Gasteiger partial charge is 0.494 e. The molecule has 6 aromatic rings. The summed E-state index contributed by atoms with van der Waals surface area (Å²) in [4.78, 5) is 32.0. The number of hydrogen-bond donors (Lipinski definition) is 2. The molecular weight excluding hydrogens is 717 g/mol. The number of nitrogens with zero attached hydrogens (tertiary/aromatic N) is 4. The van der Waals surface area contributed by atoms with Gasteiger partial charge in [-0.05, 0) is 88.4 Å². The highest BCUT2D eigenvalue weighted by molar-refractivity contribution is 6.35. The van der Waals surface area contributed by atoms with E-state index in [4.69, 9.17) is 42.5 Å². The predicted octanol–water partition coefficient (Wildman–Crippen LogP) is 9.01. The Morgan fingerprint density at radius 1 is 1.02 bits per heavy atom. The van der Waals surface area contributed by atoms with Crippen molar-refractivity contribution < 1.29 is 28.9 Å². The first-order valence-corrected chi connectivity index (χ1v) is 18.1. The van der Waals surface area contributed by atoms with Gasteiger partial charge < -0.3 is 33.8 Å². The third-order valence-corrected chi connectivity index (χ3v) is 11.2. The van der Waals surface area contributed by atoms with Gasteiger partial charge in [0.15, 0.2) is 11.5 Å². The monoisotopic (exact) mass is 757 g/mol. The van der Waals surface area contributed by atoms with Crippen LogP contribution in [0.3, 0.4) is 0 Å². The summed E-state index contributed by atoms with van der Waals surface area (Å²) in [7, 11) is 4.92. The molecule has 0 saturated carbocycles. The van der Waals surface area contributed by atoms with Gasteiger partial charge in [0.05, 0.1) is 48.3 Å². The van der Waals surface area contributed by atoms with Crippen LogP contribution in [0.15, 0.2) is 36.4 Å². The minimum Gasteiger partial charge on any atom is -0.494 e. The average molecular weight is 759 g/mol. The van der Waals surface area contributed by atoms with E-state index in [2.05, 4.69) is 16.5 Å². The molecule has 0 radical (unpaired) electrons. The number of hydrogen-bond acceptors (Lipinski definition) is 6. The number of aryl methyl sites for hydroxylation is 5. The van der Waals surface area contributed by atoms with Gasteiger partial charge in [0.2, 0.25) is 0 Å². The smallest absolute Gasteiger partial charge is 0.352 e. The highest BCUT2D eigenvalue weighted by Crippen LogP contribution is 2.47. The lowest BCUT2D eigenvalue weighted by molar-refractivity contribution is 0.0691. The number of nitrogens with one attached hydrogen (secondary N) is 1. The summed E-state index contributed by atoms with van der Waals surface area (Å²) < 4.78 is 21.5. The lowest BCUT2D eigenvalue weighted by atomic mass is 9.98. The molecule has 7 rings (SSSR count). The lowest BCUT2D eigenvalue weighted by Crippen LogP contribution is -2.42. The second-order valence-corrected chi connectivity index (χ2v) is 14.5. The summed E-state index contributed by atoms with van der Waals surface area (Å²) >= 11 is 13.5. The van der Waals surface area contributed by atoms with Crippen LogP contribution in [0, 0.1) is 27.7 Å². The lowest BCUT2D eigenvalue weighted by Gasteiger charge is -2.35. The summed E-state index contributed by atoms with van der Waals surface area (Å²) in [6, 6.07) is 10.8. The van der Waals surface area contributed by atoms with Gasteiger partial charge in [0, 0.05) is 58.3 Å². The summed E-state index contributed by atoms with van der Waals surface area (Å²) in [6.07, 6.45) is 1.16. The van der Waals surface area contributed by atoms with Crippen LogP contribution in [0.1, 0.15) is 68.4 Å². The first-order valence-electron chi connectivity index (χ1n) is 17.3. The number of carboxylic acid groups (broad SMARTS) is 1. The highest BCUT2D eigenvalue weighted by Gasteiger charge is 2.38. The van der Waals surface area contributed by atoms with Crippen LogP contribution in [-0.4, -0.2) is 63.7 Å². The number of anilines is 1. The fraction of sp³-hybridized carbons (Fsp3) is 0.325. The number of aromatic carboxylic acids is 1. The number of carbonyl (C=O) groups excluding carboxylic acids is 1. The standard InChI is InChI=1S/C40H41Cl2N5O6/c1-19-14-24(15-20(2)34(19)42)53-13-9-10-25-26-11-12-28(41)33(32-22(4)44-45(6)23(32)5)36(26)47-21(3)18-46(39(48)37(25)47)30-17-31(51-7)38(52-8)27-16-29(40(49)50)43-35(27)30/h11-12,14-17,21,43H,9-10,13,18H2,1-8H3,(H,49,50)/t21-/m1/s1. The topological polar surface area (TPSA) is 124 Å². The Morgan fingerprint density at radius 3 is 2.36 bits per heavy atom. The number of aromatic amines is 1.